The van der Waals surface area contributed by atoms with Gasteiger partial charge in [0.2, 0.25) is 23.0 Å². The lowest BCUT2D eigenvalue weighted by Crippen LogP contribution is -2.47. The van der Waals surface area contributed by atoms with Crippen molar-refractivity contribution in [2.75, 3.05) is 33.2 Å². The number of carboxylic acids is 1. The number of methoxy groups -OCH3 is 3. The zero-order valence-electron chi connectivity index (χ0n) is 23.7. The number of benzene rings is 1. The molecule has 3 rings (SSSR count). The fourth-order valence-electron chi connectivity index (χ4n) is 4.94. The number of carboxylic acid groups (broad SMARTS) is 1. The average Bonchev–Trinajstić information content (AvgIpc) is 3.17. The van der Waals surface area contributed by atoms with Crippen LogP contribution in [0.3, 0.4) is 0 Å². The number of hydrogen-bond donors (Lipinski definition) is 4. The van der Waals surface area contributed by atoms with Gasteiger partial charge in [-0.25, -0.2) is 4.79 Å². The van der Waals surface area contributed by atoms with Crippen molar-refractivity contribution in [3.05, 3.63) is 45.6 Å². The minimum absolute atomic E-state index is 0.140. The van der Waals surface area contributed by atoms with E-state index >= 15 is 0 Å². The predicted molar refractivity (Wildman–Crippen MR) is 150 cm³/mol. The van der Waals surface area contributed by atoms with Gasteiger partial charge in [0.05, 0.1) is 39.6 Å². The van der Waals surface area contributed by atoms with Crippen LogP contribution in [0, 0.1) is 5.92 Å². The smallest absolute Gasteiger partial charge is 0.326 e. The Labute approximate surface area is 233 Å². The highest BCUT2D eigenvalue weighted by molar-refractivity contribution is 5.87. The summed E-state index contributed by atoms with van der Waals surface area (Å²) in [5.41, 5.74) is 2.58. The lowest BCUT2D eigenvalue weighted by Gasteiger charge is -2.20. The fraction of sp³-hybridized carbons (Fsp3) is 0.448. The van der Waals surface area contributed by atoms with Gasteiger partial charge < -0.3 is 35.3 Å². The Bertz CT molecular complexity index is 1340. The highest BCUT2D eigenvalue weighted by atomic mass is 16.5. The summed E-state index contributed by atoms with van der Waals surface area (Å²) in [5, 5.41) is 17.8. The Morgan fingerprint density at radius 3 is 2.35 bits per heavy atom. The van der Waals surface area contributed by atoms with Crippen LogP contribution in [-0.2, 0) is 20.8 Å². The largest absolute Gasteiger partial charge is 0.493 e. The number of carbonyl (C=O) groups excluding carboxylic acids is 2. The second kappa shape index (κ2) is 13.2. The number of aliphatic carboxylic acids is 1. The van der Waals surface area contributed by atoms with Crippen molar-refractivity contribution in [2.45, 2.75) is 52.1 Å². The second-order valence-electron chi connectivity index (χ2n) is 9.72. The maximum Gasteiger partial charge on any atom is 0.326 e. The number of aryl methyl sites for hydroxylation is 1. The van der Waals surface area contributed by atoms with Gasteiger partial charge in [0.1, 0.15) is 6.04 Å². The SMILES string of the molecule is CCC(C)C(NC(=O)CNc1ccc2c(cc1=O)C(NC(C)=O)CCc1cc(OC)c(OC)c(OC)c1-2)C(=O)O. The van der Waals surface area contributed by atoms with Gasteiger partial charge in [-0.3, -0.25) is 14.4 Å². The molecule has 0 aliphatic heterocycles. The van der Waals surface area contributed by atoms with E-state index in [4.69, 9.17) is 14.2 Å². The molecule has 0 heterocycles. The number of hydrogen-bond acceptors (Lipinski definition) is 8. The number of carbonyl (C=O) groups is 3. The predicted octanol–water partition coefficient (Wildman–Crippen LogP) is 2.89. The summed E-state index contributed by atoms with van der Waals surface area (Å²) in [7, 11) is 4.56. The van der Waals surface area contributed by atoms with Crippen LogP contribution in [0.15, 0.2) is 29.1 Å². The van der Waals surface area contributed by atoms with Gasteiger partial charge in [-0.1, -0.05) is 26.3 Å². The van der Waals surface area contributed by atoms with E-state index in [1.165, 1.54) is 34.3 Å². The molecule has 1 aliphatic carbocycles. The van der Waals surface area contributed by atoms with Gasteiger partial charge >= 0.3 is 5.97 Å². The molecule has 2 amide bonds. The molecule has 2 aromatic carbocycles. The standard InChI is InChI=1S/C29H37N3O8/c1-7-15(2)26(29(36)37)32-24(35)14-30-21-11-9-18-19(13-22(21)34)20(31-16(3)33)10-8-17-12-23(38-4)27(39-5)28(40-6)25(17)18/h9,11-13,15,20,26H,7-8,10,14H2,1-6H3,(H,30,34)(H,31,33)(H,32,35)(H,36,37). The normalized spacial score (nSPS) is 15.3. The summed E-state index contributed by atoms with van der Waals surface area (Å²) >= 11 is 0. The molecule has 216 valence electrons. The van der Waals surface area contributed by atoms with Crippen molar-refractivity contribution in [1.29, 1.82) is 0 Å². The Balaban J connectivity index is 2.09. The van der Waals surface area contributed by atoms with E-state index < -0.39 is 29.4 Å². The molecule has 2 aromatic rings. The van der Waals surface area contributed by atoms with Gasteiger partial charge in [0, 0.05) is 12.5 Å². The summed E-state index contributed by atoms with van der Waals surface area (Å²) in [6, 6.07) is 5.10. The molecule has 0 fully saturated rings. The van der Waals surface area contributed by atoms with E-state index in [1.54, 1.807) is 19.1 Å². The number of ether oxygens (including phenoxy) is 3. The molecule has 1 aliphatic rings. The number of nitrogens with one attached hydrogen (secondary N) is 3. The molecule has 4 N–H and O–H groups in total. The van der Waals surface area contributed by atoms with Gasteiger partial charge in [-0.15, -0.1) is 0 Å². The molecular weight excluding hydrogens is 518 g/mol. The van der Waals surface area contributed by atoms with Gasteiger partial charge in [0.15, 0.2) is 11.5 Å². The third-order valence-electron chi connectivity index (χ3n) is 7.15. The maximum atomic E-state index is 13.3. The molecule has 40 heavy (non-hydrogen) atoms. The minimum atomic E-state index is -1.12. The summed E-state index contributed by atoms with van der Waals surface area (Å²) < 4.78 is 16.9. The van der Waals surface area contributed by atoms with Crippen LogP contribution in [0.1, 0.15) is 50.8 Å². The van der Waals surface area contributed by atoms with Crippen molar-refractivity contribution < 1.29 is 33.7 Å². The average molecular weight is 556 g/mol. The minimum Gasteiger partial charge on any atom is -0.493 e. The third-order valence-corrected chi connectivity index (χ3v) is 7.15. The Kier molecular flexibility index (Phi) is 9.98. The summed E-state index contributed by atoms with van der Waals surface area (Å²) in [6.07, 6.45) is 1.65. The highest BCUT2D eigenvalue weighted by Crippen LogP contribution is 2.50. The van der Waals surface area contributed by atoms with Crippen molar-refractivity contribution in [1.82, 2.24) is 10.6 Å². The quantitative estimate of drug-likeness (QED) is 0.328. The van der Waals surface area contributed by atoms with Gasteiger partial charge in [0.25, 0.3) is 0 Å². The first-order chi connectivity index (χ1) is 19.1. The number of amides is 2. The topological polar surface area (TPSA) is 152 Å². The molecular formula is C29H37N3O8. The summed E-state index contributed by atoms with van der Waals surface area (Å²) in [5.74, 6) is -0.867. The molecule has 0 bridgehead atoms. The second-order valence-corrected chi connectivity index (χ2v) is 9.72. The van der Waals surface area contributed by atoms with Crippen LogP contribution >= 0.6 is 0 Å². The zero-order valence-corrected chi connectivity index (χ0v) is 23.7. The molecule has 11 nitrogen and oxygen atoms in total. The Morgan fingerprint density at radius 1 is 1.07 bits per heavy atom. The van der Waals surface area contributed by atoms with Crippen molar-refractivity contribution >= 4 is 23.5 Å². The Morgan fingerprint density at radius 2 is 1.77 bits per heavy atom. The highest BCUT2D eigenvalue weighted by Gasteiger charge is 2.30. The summed E-state index contributed by atoms with van der Waals surface area (Å²) in [4.78, 5) is 49.6. The number of fused-ring (bicyclic) bond motifs is 3. The lowest BCUT2D eigenvalue weighted by atomic mass is 9.95. The molecule has 0 saturated carbocycles. The number of anilines is 1. The van der Waals surface area contributed by atoms with Crippen molar-refractivity contribution in [3.8, 4) is 28.4 Å². The maximum absolute atomic E-state index is 13.3. The van der Waals surface area contributed by atoms with Crippen LogP contribution in [0.4, 0.5) is 5.69 Å². The molecule has 0 spiro atoms. The van der Waals surface area contributed by atoms with Crippen LogP contribution < -0.4 is 35.6 Å². The molecule has 3 atom stereocenters. The van der Waals surface area contributed by atoms with Crippen molar-refractivity contribution in [3.63, 3.8) is 0 Å². The zero-order chi connectivity index (χ0) is 29.6. The first-order valence-electron chi connectivity index (χ1n) is 13.1. The summed E-state index contributed by atoms with van der Waals surface area (Å²) in [6.45, 7) is 4.70. The van der Waals surface area contributed by atoms with Gasteiger partial charge in [-0.2, -0.15) is 0 Å². The van der Waals surface area contributed by atoms with E-state index in [-0.39, 0.29) is 24.1 Å². The molecule has 3 unspecified atom stereocenters. The molecule has 0 aromatic heterocycles. The van der Waals surface area contributed by atoms with E-state index in [0.717, 1.165) is 5.56 Å². The van der Waals surface area contributed by atoms with Crippen LogP contribution in [0.2, 0.25) is 0 Å². The number of rotatable bonds is 11. The van der Waals surface area contributed by atoms with E-state index in [2.05, 4.69) is 16.0 Å². The first kappa shape index (κ1) is 30.3. The first-order valence-corrected chi connectivity index (χ1v) is 13.1. The van der Waals surface area contributed by atoms with Gasteiger partial charge in [-0.05, 0) is 53.6 Å². The lowest BCUT2D eigenvalue weighted by molar-refractivity contribution is -0.143. The van der Waals surface area contributed by atoms with Crippen LogP contribution in [0.25, 0.3) is 11.1 Å². The van der Waals surface area contributed by atoms with Crippen LogP contribution in [-0.4, -0.2) is 56.8 Å². The van der Waals surface area contributed by atoms with E-state index in [0.29, 0.717) is 53.2 Å². The molecule has 0 radical (unpaired) electrons. The third kappa shape index (κ3) is 6.47. The van der Waals surface area contributed by atoms with E-state index in [1.807, 2.05) is 13.0 Å². The monoisotopic (exact) mass is 555 g/mol. The van der Waals surface area contributed by atoms with E-state index in [9.17, 15) is 24.3 Å². The molecule has 11 heteroatoms. The van der Waals surface area contributed by atoms with Crippen molar-refractivity contribution in [2.24, 2.45) is 5.92 Å². The molecule has 0 saturated heterocycles. The van der Waals surface area contributed by atoms with Crippen LogP contribution in [0.5, 0.6) is 17.2 Å². The Hall–Kier alpha value is -4.28. The fourth-order valence-corrected chi connectivity index (χ4v) is 4.94.